The highest BCUT2D eigenvalue weighted by atomic mass is 16.5. The molecule has 2 fully saturated rings. The van der Waals surface area contributed by atoms with E-state index in [1.807, 2.05) is 0 Å². The molecule has 0 heterocycles. The Balaban J connectivity index is 1.26. The van der Waals surface area contributed by atoms with Crippen LogP contribution in [0.5, 0.6) is 0 Å². The summed E-state index contributed by atoms with van der Waals surface area (Å²) in [5, 5.41) is 7.57. The van der Waals surface area contributed by atoms with Gasteiger partial charge in [-0.05, 0) is 82.3 Å². The number of fused-ring (bicyclic) bond motifs is 2. The Labute approximate surface area is 183 Å². The Morgan fingerprint density at radius 2 is 1.68 bits per heavy atom. The highest BCUT2D eigenvalue weighted by Gasteiger charge is 2.42. The van der Waals surface area contributed by atoms with Crippen LogP contribution in [0.3, 0.4) is 0 Å². The van der Waals surface area contributed by atoms with Gasteiger partial charge in [0.15, 0.2) is 5.78 Å². The number of hydrogen-bond acceptors (Lipinski definition) is 2. The summed E-state index contributed by atoms with van der Waals surface area (Å²) < 4.78 is 6.37. The number of carbonyl (C=O) groups excluding carboxylic acids is 1. The molecule has 31 heavy (non-hydrogen) atoms. The van der Waals surface area contributed by atoms with E-state index in [2.05, 4.69) is 61.5 Å². The van der Waals surface area contributed by atoms with Gasteiger partial charge in [0.25, 0.3) is 0 Å². The molecule has 0 radical (unpaired) electrons. The van der Waals surface area contributed by atoms with Crippen LogP contribution in [-0.2, 0) is 16.0 Å². The summed E-state index contributed by atoms with van der Waals surface area (Å²) in [6.07, 6.45) is 8.07. The van der Waals surface area contributed by atoms with Crippen LogP contribution in [0, 0.1) is 11.8 Å². The van der Waals surface area contributed by atoms with Crippen molar-refractivity contribution in [2.75, 3.05) is 6.61 Å². The zero-order valence-electron chi connectivity index (χ0n) is 18.3. The van der Waals surface area contributed by atoms with Crippen LogP contribution >= 0.6 is 0 Å². The first-order chi connectivity index (χ1) is 15.1. The largest absolute Gasteiger partial charge is 0.367 e. The van der Waals surface area contributed by atoms with Crippen LogP contribution in [0.25, 0.3) is 32.3 Å². The fraction of sp³-hybridized carbons (Fsp3) is 0.414. The van der Waals surface area contributed by atoms with E-state index in [9.17, 15) is 4.79 Å². The van der Waals surface area contributed by atoms with Crippen LogP contribution in [-0.4, -0.2) is 18.0 Å². The number of benzene rings is 4. The van der Waals surface area contributed by atoms with Crippen molar-refractivity contribution in [1.82, 2.24) is 0 Å². The molecule has 2 heteroatoms. The molecule has 158 valence electrons. The van der Waals surface area contributed by atoms with Gasteiger partial charge in [-0.1, -0.05) is 67.4 Å². The van der Waals surface area contributed by atoms with Crippen molar-refractivity contribution in [3.63, 3.8) is 0 Å². The van der Waals surface area contributed by atoms with E-state index in [4.69, 9.17) is 4.74 Å². The van der Waals surface area contributed by atoms with E-state index in [1.165, 1.54) is 64.4 Å². The monoisotopic (exact) mass is 410 g/mol. The SMILES string of the molecule is C[C@@]1(OCC(=O)Cc2ccc3ccc4cccc5ccc2c3c45)CC[C@H]2CCC[C@@H]1C2. The summed E-state index contributed by atoms with van der Waals surface area (Å²) in [6, 6.07) is 19.5. The second-order valence-electron chi connectivity index (χ2n) is 10.2. The molecule has 2 nitrogen and oxygen atoms in total. The van der Waals surface area contributed by atoms with Crippen molar-refractivity contribution < 1.29 is 9.53 Å². The predicted octanol–water partition coefficient (Wildman–Crippen LogP) is 7.07. The fourth-order valence-corrected chi connectivity index (χ4v) is 6.45. The van der Waals surface area contributed by atoms with Crippen molar-refractivity contribution in [1.29, 1.82) is 0 Å². The van der Waals surface area contributed by atoms with Crippen molar-refractivity contribution in [3.8, 4) is 0 Å². The summed E-state index contributed by atoms with van der Waals surface area (Å²) in [5.74, 6) is 1.71. The van der Waals surface area contributed by atoms with E-state index in [1.54, 1.807) is 0 Å². The van der Waals surface area contributed by atoms with Gasteiger partial charge in [0.1, 0.15) is 6.61 Å². The van der Waals surface area contributed by atoms with Gasteiger partial charge in [-0.15, -0.1) is 0 Å². The van der Waals surface area contributed by atoms with Crippen LogP contribution in [0.1, 0.15) is 51.0 Å². The topological polar surface area (TPSA) is 26.3 Å². The van der Waals surface area contributed by atoms with E-state index >= 15 is 0 Å². The first kappa shape index (κ1) is 19.3. The Morgan fingerprint density at radius 1 is 0.935 bits per heavy atom. The van der Waals surface area contributed by atoms with Crippen LogP contribution in [0.2, 0.25) is 0 Å². The first-order valence-electron chi connectivity index (χ1n) is 11.9. The smallest absolute Gasteiger partial charge is 0.162 e. The van der Waals surface area contributed by atoms with Crippen LogP contribution < -0.4 is 0 Å². The van der Waals surface area contributed by atoms with Gasteiger partial charge in [-0.3, -0.25) is 4.79 Å². The maximum absolute atomic E-state index is 13.0. The number of carbonyl (C=O) groups is 1. The molecule has 3 atom stereocenters. The van der Waals surface area contributed by atoms with Crippen molar-refractivity contribution in [3.05, 3.63) is 60.2 Å². The highest BCUT2D eigenvalue weighted by Crippen LogP contribution is 2.47. The number of hydrogen-bond donors (Lipinski definition) is 0. The molecule has 0 aliphatic heterocycles. The average molecular weight is 411 g/mol. The van der Waals surface area contributed by atoms with Crippen molar-refractivity contribution >= 4 is 38.1 Å². The van der Waals surface area contributed by atoms with Gasteiger partial charge < -0.3 is 4.74 Å². The Morgan fingerprint density at radius 3 is 2.52 bits per heavy atom. The molecule has 0 aromatic heterocycles. The lowest BCUT2D eigenvalue weighted by molar-refractivity contribution is -0.143. The van der Waals surface area contributed by atoms with E-state index in [0.29, 0.717) is 12.3 Å². The van der Waals surface area contributed by atoms with Gasteiger partial charge in [-0.2, -0.15) is 0 Å². The molecule has 0 N–H and O–H groups in total. The summed E-state index contributed by atoms with van der Waals surface area (Å²) >= 11 is 0. The summed E-state index contributed by atoms with van der Waals surface area (Å²) in [6.45, 7) is 2.49. The molecule has 4 aromatic carbocycles. The lowest BCUT2D eigenvalue weighted by Gasteiger charge is -2.47. The van der Waals surface area contributed by atoms with Gasteiger partial charge in [0, 0.05) is 6.42 Å². The molecular formula is C29H30O2. The van der Waals surface area contributed by atoms with Gasteiger partial charge >= 0.3 is 0 Å². The molecule has 2 bridgehead atoms. The number of Topliss-reactive ketones (excluding diaryl/α,β-unsaturated/α-hetero) is 1. The number of rotatable bonds is 5. The summed E-state index contributed by atoms with van der Waals surface area (Å²) in [7, 11) is 0. The molecule has 2 aliphatic carbocycles. The van der Waals surface area contributed by atoms with Gasteiger partial charge in [0.2, 0.25) is 0 Å². The zero-order valence-corrected chi connectivity index (χ0v) is 18.3. The predicted molar refractivity (Wildman–Crippen MR) is 128 cm³/mol. The van der Waals surface area contributed by atoms with Crippen molar-refractivity contribution in [2.45, 2.75) is 57.5 Å². The Hall–Kier alpha value is -2.45. The van der Waals surface area contributed by atoms with Crippen LogP contribution in [0.4, 0.5) is 0 Å². The molecule has 2 aliphatic rings. The molecule has 0 saturated heterocycles. The lowest BCUT2D eigenvalue weighted by Crippen LogP contribution is -2.45. The Bertz CT molecular complexity index is 1260. The summed E-state index contributed by atoms with van der Waals surface area (Å²) in [4.78, 5) is 13.0. The molecule has 2 saturated carbocycles. The number of ketones is 1. The van der Waals surface area contributed by atoms with Crippen molar-refractivity contribution in [2.24, 2.45) is 11.8 Å². The first-order valence-corrected chi connectivity index (χ1v) is 11.9. The normalized spacial score (nSPS) is 26.1. The minimum atomic E-state index is -0.116. The maximum atomic E-state index is 13.0. The van der Waals surface area contributed by atoms with Gasteiger partial charge in [0.05, 0.1) is 5.60 Å². The Kier molecular flexibility index (Phi) is 4.54. The molecule has 6 rings (SSSR count). The third-order valence-electron chi connectivity index (χ3n) is 8.26. The van der Waals surface area contributed by atoms with E-state index in [0.717, 1.165) is 17.9 Å². The second-order valence-corrected chi connectivity index (χ2v) is 10.2. The zero-order chi connectivity index (χ0) is 21.0. The molecular weight excluding hydrogens is 380 g/mol. The minimum absolute atomic E-state index is 0.116. The lowest BCUT2D eigenvalue weighted by atomic mass is 9.65. The fourth-order valence-electron chi connectivity index (χ4n) is 6.45. The number of ether oxygens (including phenoxy) is 1. The molecule has 0 amide bonds. The van der Waals surface area contributed by atoms with E-state index in [-0.39, 0.29) is 18.0 Å². The third-order valence-corrected chi connectivity index (χ3v) is 8.26. The summed E-state index contributed by atoms with van der Waals surface area (Å²) in [5.41, 5.74) is 1.00. The standard InChI is InChI=1S/C29H30O2/c1-29(15-14-19-4-2-7-24(29)16-19)31-18-25(30)17-23-11-10-22-9-8-20-5-3-6-21-12-13-26(23)28(22)27(20)21/h3,5-6,8-13,19,24H,2,4,7,14-18H2,1H3/t19-,24-,29-/m1/s1. The highest BCUT2D eigenvalue weighted by molar-refractivity contribution is 6.23. The van der Waals surface area contributed by atoms with Crippen LogP contribution in [0.15, 0.2) is 54.6 Å². The van der Waals surface area contributed by atoms with E-state index < -0.39 is 0 Å². The maximum Gasteiger partial charge on any atom is 0.162 e. The molecule has 0 unspecified atom stereocenters. The second kappa shape index (κ2) is 7.31. The average Bonchev–Trinajstić information content (AvgIpc) is 2.80. The van der Waals surface area contributed by atoms with Gasteiger partial charge in [-0.25, -0.2) is 0 Å². The molecule has 4 aromatic rings. The molecule has 0 spiro atoms. The quantitative estimate of drug-likeness (QED) is 0.329. The minimum Gasteiger partial charge on any atom is -0.367 e. The third kappa shape index (κ3) is 3.24.